The van der Waals surface area contributed by atoms with Crippen molar-refractivity contribution in [3.05, 3.63) is 77.0 Å². The van der Waals surface area contributed by atoms with E-state index < -0.39 is 0 Å². The number of nitrogens with zero attached hydrogens (tertiary/aromatic N) is 2. The van der Waals surface area contributed by atoms with E-state index in [1.54, 1.807) is 0 Å². The van der Waals surface area contributed by atoms with Crippen molar-refractivity contribution >= 4 is 11.7 Å². The van der Waals surface area contributed by atoms with Crippen molar-refractivity contribution in [3.63, 3.8) is 0 Å². The second-order valence-electron chi connectivity index (χ2n) is 6.42. The molecule has 0 bridgehead atoms. The quantitative estimate of drug-likeness (QED) is 0.777. The average molecular weight is 317 g/mol. The van der Waals surface area contributed by atoms with Crippen LogP contribution in [0.2, 0.25) is 0 Å². The molecule has 24 heavy (non-hydrogen) atoms. The first-order valence-corrected chi connectivity index (χ1v) is 8.13. The highest BCUT2D eigenvalue weighted by atomic mass is 16.1. The number of hydrogen-bond acceptors (Lipinski definition) is 2. The second-order valence-corrected chi connectivity index (χ2v) is 6.42. The lowest BCUT2D eigenvalue weighted by atomic mass is 9.87. The number of benzene rings is 2. The predicted octanol–water partition coefficient (Wildman–Crippen LogP) is 3.96. The van der Waals surface area contributed by atoms with Gasteiger partial charge in [-0.05, 0) is 42.7 Å². The molecule has 1 aliphatic heterocycles. The molecular weight excluding hydrogens is 298 g/mol. The smallest absolute Gasteiger partial charge is 0.226 e. The van der Waals surface area contributed by atoms with Crippen LogP contribution < -0.4 is 5.32 Å². The number of nitrogens with one attached hydrogen (secondary N) is 1. The molecule has 3 aromatic rings. The highest BCUT2D eigenvalue weighted by Crippen LogP contribution is 2.38. The van der Waals surface area contributed by atoms with Gasteiger partial charge in [0.05, 0.1) is 11.9 Å². The molecule has 120 valence electrons. The van der Waals surface area contributed by atoms with Crippen molar-refractivity contribution in [1.29, 1.82) is 0 Å². The maximum absolute atomic E-state index is 12.3. The zero-order chi connectivity index (χ0) is 16.7. The number of aromatic nitrogens is 2. The largest absolute Gasteiger partial charge is 0.310 e. The van der Waals surface area contributed by atoms with E-state index in [-0.39, 0.29) is 11.8 Å². The van der Waals surface area contributed by atoms with E-state index in [1.165, 1.54) is 11.1 Å². The first-order chi connectivity index (χ1) is 11.6. The molecule has 2 aromatic carbocycles. The van der Waals surface area contributed by atoms with Gasteiger partial charge in [0.1, 0.15) is 5.82 Å². The van der Waals surface area contributed by atoms with E-state index in [9.17, 15) is 4.79 Å². The van der Waals surface area contributed by atoms with E-state index in [4.69, 9.17) is 0 Å². The second kappa shape index (κ2) is 5.64. The van der Waals surface area contributed by atoms with Crippen LogP contribution in [-0.4, -0.2) is 15.7 Å². The Morgan fingerprint density at radius 3 is 2.50 bits per heavy atom. The summed E-state index contributed by atoms with van der Waals surface area (Å²) in [6, 6.07) is 16.4. The third-order valence-corrected chi connectivity index (χ3v) is 4.47. The van der Waals surface area contributed by atoms with Gasteiger partial charge in [-0.15, -0.1) is 0 Å². The molecule has 0 spiro atoms. The average Bonchev–Trinajstić information content (AvgIpc) is 2.97. The number of amides is 1. The molecule has 0 radical (unpaired) electrons. The molecule has 1 atom stereocenters. The maximum Gasteiger partial charge on any atom is 0.226 e. The molecule has 1 aliphatic rings. The van der Waals surface area contributed by atoms with Crippen LogP contribution in [0.1, 0.15) is 34.6 Å². The Bertz CT molecular complexity index is 892. The summed E-state index contributed by atoms with van der Waals surface area (Å²) in [5, 5.41) is 7.57. The standard InChI is InChI=1S/C20H19N3O/c1-13-8-14(2)10-16(9-13)23-20-18(12-21-23)17(11-19(24)22-20)15-6-4-3-5-7-15/h3-10,12,17H,11H2,1-2H3,(H,22,24). The Balaban J connectivity index is 1.84. The Morgan fingerprint density at radius 2 is 1.79 bits per heavy atom. The van der Waals surface area contributed by atoms with Gasteiger partial charge in [-0.2, -0.15) is 5.10 Å². The number of hydrogen-bond donors (Lipinski definition) is 1. The topological polar surface area (TPSA) is 46.9 Å². The summed E-state index contributed by atoms with van der Waals surface area (Å²) in [6.45, 7) is 4.13. The van der Waals surface area contributed by atoms with Crippen LogP contribution in [0.25, 0.3) is 5.69 Å². The number of anilines is 1. The van der Waals surface area contributed by atoms with Crippen molar-refractivity contribution in [3.8, 4) is 5.69 Å². The number of carbonyl (C=O) groups is 1. The highest BCUT2D eigenvalue weighted by molar-refractivity contribution is 5.94. The molecule has 1 unspecified atom stereocenters. The van der Waals surface area contributed by atoms with Gasteiger partial charge >= 0.3 is 0 Å². The molecule has 1 aromatic heterocycles. The van der Waals surface area contributed by atoms with Gasteiger partial charge in [-0.25, -0.2) is 4.68 Å². The van der Waals surface area contributed by atoms with Crippen molar-refractivity contribution in [2.75, 3.05) is 5.32 Å². The van der Waals surface area contributed by atoms with Gasteiger partial charge in [0.15, 0.2) is 0 Å². The summed E-state index contributed by atoms with van der Waals surface area (Å²) >= 11 is 0. The number of carbonyl (C=O) groups excluding carboxylic acids is 1. The summed E-state index contributed by atoms with van der Waals surface area (Å²) in [5.41, 5.74) is 5.54. The van der Waals surface area contributed by atoms with Crippen LogP contribution in [0, 0.1) is 13.8 Å². The first-order valence-electron chi connectivity index (χ1n) is 8.13. The summed E-state index contributed by atoms with van der Waals surface area (Å²) in [7, 11) is 0. The summed E-state index contributed by atoms with van der Waals surface area (Å²) in [5.74, 6) is 0.863. The Labute approximate surface area is 141 Å². The van der Waals surface area contributed by atoms with E-state index in [0.29, 0.717) is 6.42 Å². The normalized spacial score (nSPS) is 16.6. The molecule has 0 fully saturated rings. The Kier molecular flexibility index (Phi) is 3.45. The third kappa shape index (κ3) is 2.50. The summed E-state index contributed by atoms with van der Waals surface area (Å²) in [6.07, 6.45) is 2.33. The van der Waals surface area contributed by atoms with Gasteiger partial charge in [-0.3, -0.25) is 4.79 Å². The fraction of sp³-hybridized carbons (Fsp3) is 0.200. The summed E-state index contributed by atoms with van der Waals surface area (Å²) < 4.78 is 1.84. The zero-order valence-electron chi connectivity index (χ0n) is 13.8. The van der Waals surface area contributed by atoms with Gasteiger partial charge in [0.25, 0.3) is 0 Å². The van der Waals surface area contributed by atoms with Gasteiger partial charge in [0, 0.05) is 17.9 Å². The zero-order valence-corrected chi connectivity index (χ0v) is 13.8. The van der Waals surface area contributed by atoms with E-state index in [1.807, 2.05) is 29.1 Å². The van der Waals surface area contributed by atoms with E-state index in [0.717, 1.165) is 22.6 Å². The molecule has 4 heteroatoms. The van der Waals surface area contributed by atoms with Crippen LogP contribution in [0.5, 0.6) is 0 Å². The molecule has 0 saturated carbocycles. The minimum Gasteiger partial charge on any atom is -0.310 e. The number of aryl methyl sites for hydroxylation is 2. The minimum atomic E-state index is 0.0301. The molecule has 4 rings (SSSR count). The fourth-order valence-corrected chi connectivity index (χ4v) is 3.47. The van der Waals surface area contributed by atoms with Gasteiger partial charge in [0.2, 0.25) is 5.91 Å². The monoisotopic (exact) mass is 317 g/mol. The highest BCUT2D eigenvalue weighted by Gasteiger charge is 2.30. The van der Waals surface area contributed by atoms with Crippen molar-refractivity contribution in [2.45, 2.75) is 26.2 Å². The molecule has 2 heterocycles. The molecule has 0 saturated heterocycles. The van der Waals surface area contributed by atoms with Crippen LogP contribution in [0.3, 0.4) is 0 Å². The Morgan fingerprint density at radius 1 is 1.08 bits per heavy atom. The summed E-state index contributed by atoms with van der Waals surface area (Å²) in [4.78, 5) is 12.3. The van der Waals surface area contributed by atoms with Crippen LogP contribution in [-0.2, 0) is 4.79 Å². The number of fused-ring (bicyclic) bond motifs is 1. The molecule has 1 N–H and O–H groups in total. The van der Waals surface area contributed by atoms with Crippen LogP contribution >= 0.6 is 0 Å². The maximum atomic E-state index is 12.3. The van der Waals surface area contributed by atoms with Crippen LogP contribution in [0.15, 0.2) is 54.7 Å². The Hall–Kier alpha value is -2.88. The first kappa shape index (κ1) is 14.7. The lowest BCUT2D eigenvalue weighted by molar-refractivity contribution is -0.116. The lowest BCUT2D eigenvalue weighted by Crippen LogP contribution is -2.24. The van der Waals surface area contributed by atoms with Crippen molar-refractivity contribution < 1.29 is 4.79 Å². The predicted molar refractivity (Wildman–Crippen MR) is 94.6 cm³/mol. The third-order valence-electron chi connectivity index (χ3n) is 4.47. The van der Waals surface area contributed by atoms with Crippen molar-refractivity contribution in [1.82, 2.24) is 9.78 Å². The van der Waals surface area contributed by atoms with Crippen molar-refractivity contribution in [2.24, 2.45) is 0 Å². The van der Waals surface area contributed by atoms with E-state index in [2.05, 4.69) is 54.6 Å². The molecular formula is C20H19N3O. The SMILES string of the molecule is Cc1cc(C)cc(-n2ncc3c2NC(=O)CC3c2ccccc2)c1. The van der Waals surface area contributed by atoms with Gasteiger partial charge in [-0.1, -0.05) is 36.4 Å². The molecule has 1 amide bonds. The van der Waals surface area contributed by atoms with Crippen LogP contribution in [0.4, 0.5) is 5.82 Å². The molecule has 0 aliphatic carbocycles. The minimum absolute atomic E-state index is 0.0301. The van der Waals surface area contributed by atoms with E-state index >= 15 is 0 Å². The fourth-order valence-electron chi connectivity index (χ4n) is 3.47. The van der Waals surface area contributed by atoms with Gasteiger partial charge < -0.3 is 5.32 Å². The number of rotatable bonds is 2. The molecule has 4 nitrogen and oxygen atoms in total. The lowest BCUT2D eigenvalue weighted by Gasteiger charge is -2.23.